The second-order valence-corrected chi connectivity index (χ2v) is 9.52. The van der Waals surface area contributed by atoms with Gasteiger partial charge in [0.2, 0.25) is 0 Å². The van der Waals surface area contributed by atoms with Crippen LogP contribution < -0.4 is 4.74 Å². The summed E-state index contributed by atoms with van der Waals surface area (Å²) in [6.45, 7) is 6.22. The van der Waals surface area contributed by atoms with Crippen molar-refractivity contribution < 1.29 is 23.8 Å². The highest BCUT2D eigenvalue weighted by Gasteiger charge is 2.41. The maximum atomic E-state index is 14.2. The van der Waals surface area contributed by atoms with E-state index in [0.717, 1.165) is 38.8 Å². The number of carboxylic acid groups (broad SMARTS) is 1. The van der Waals surface area contributed by atoms with E-state index in [-0.39, 0.29) is 17.6 Å². The number of halogens is 1. The van der Waals surface area contributed by atoms with Crippen molar-refractivity contribution in [1.29, 1.82) is 0 Å². The predicted octanol–water partition coefficient (Wildman–Crippen LogP) is 5.52. The highest BCUT2D eigenvalue weighted by atomic mass is 19.1. The van der Waals surface area contributed by atoms with Gasteiger partial charge in [0, 0.05) is 34.1 Å². The van der Waals surface area contributed by atoms with Crippen LogP contribution in [0.2, 0.25) is 0 Å². The van der Waals surface area contributed by atoms with Gasteiger partial charge in [-0.2, -0.15) is 5.10 Å². The number of H-pyrrole nitrogens is 1. The van der Waals surface area contributed by atoms with Crippen LogP contribution in [0.5, 0.6) is 5.75 Å². The molecule has 34 heavy (non-hydrogen) atoms. The van der Waals surface area contributed by atoms with Gasteiger partial charge in [0.1, 0.15) is 0 Å². The van der Waals surface area contributed by atoms with Crippen molar-refractivity contribution >= 4 is 27.8 Å². The molecule has 0 amide bonds. The van der Waals surface area contributed by atoms with Gasteiger partial charge < -0.3 is 19.1 Å². The van der Waals surface area contributed by atoms with E-state index < -0.39 is 17.4 Å². The minimum absolute atomic E-state index is 0.0243. The summed E-state index contributed by atoms with van der Waals surface area (Å²) in [4.78, 5) is 11.7. The molecule has 1 saturated heterocycles. The molecule has 2 aromatic carbocycles. The van der Waals surface area contributed by atoms with Crippen LogP contribution >= 0.6 is 0 Å². The first-order valence-corrected chi connectivity index (χ1v) is 11.5. The molecule has 178 valence electrons. The van der Waals surface area contributed by atoms with E-state index in [2.05, 4.69) is 40.7 Å². The molecule has 4 aromatic rings. The molecule has 0 spiro atoms. The number of methoxy groups -OCH3 is 1. The normalized spacial score (nSPS) is 20.9. The van der Waals surface area contributed by atoms with Gasteiger partial charge in [-0.1, -0.05) is 13.8 Å². The van der Waals surface area contributed by atoms with Crippen LogP contribution in [0.3, 0.4) is 0 Å². The number of rotatable bonds is 5. The summed E-state index contributed by atoms with van der Waals surface area (Å²) in [7, 11) is 1.46. The number of nitrogens with zero attached hydrogens (tertiary/aromatic N) is 2. The Kier molecular flexibility index (Phi) is 5.36. The van der Waals surface area contributed by atoms with Crippen molar-refractivity contribution in [3.63, 3.8) is 0 Å². The maximum absolute atomic E-state index is 14.2. The zero-order valence-corrected chi connectivity index (χ0v) is 19.7. The third-order valence-electron chi connectivity index (χ3n) is 6.98. The number of fused-ring (bicyclic) bond motifs is 2. The number of ether oxygens (including phenoxy) is 2. The summed E-state index contributed by atoms with van der Waals surface area (Å²) < 4.78 is 27.6. The first-order valence-electron chi connectivity index (χ1n) is 11.5. The molecule has 1 aliphatic rings. The zero-order valence-electron chi connectivity index (χ0n) is 19.7. The Morgan fingerprint density at radius 1 is 1.35 bits per heavy atom. The number of carboxylic acids is 1. The lowest BCUT2D eigenvalue weighted by Crippen LogP contribution is -2.43. The lowest BCUT2D eigenvalue weighted by Gasteiger charge is -2.35. The van der Waals surface area contributed by atoms with Crippen molar-refractivity contribution in [3.05, 3.63) is 53.6 Å². The molecule has 0 aliphatic carbocycles. The Labute approximate surface area is 196 Å². The predicted molar refractivity (Wildman–Crippen MR) is 127 cm³/mol. The molecular formula is C26H28FN3O4. The molecule has 7 nitrogen and oxygen atoms in total. The Morgan fingerprint density at radius 2 is 2.15 bits per heavy atom. The van der Waals surface area contributed by atoms with E-state index >= 15 is 0 Å². The molecule has 0 unspecified atom stereocenters. The minimum atomic E-state index is -1.17. The summed E-state index contributed by atoms with van der Waals surface area (Å²) in [6.07, 6.45) is 2.90. The topological polar surface area (TPSA) is 89.4 Å². The smallest absolute Gasteiger partial charge is 0.335 e. The fourth-order valence-corrected chi connectivity index (χ4v) is 5.12. The van der Waals surface area contributed by atoms with E-state index in [1.165, 1.54) is 13.2 Å². The molecule has 2 aromatic heterocycles. The summed E-state index contributed by atoms with van der Waals surface area (Å²) in [5, 5.41) is 18.9. The van der Waals surface area contributed by atoms with Crippen LogP contribution in [-0.2, 0) is 9.53 Å². The minimum Gasteiger partial charge on any atom is -0.494 e. The van der Waals surface area contributed by atoms with Crippen LogP contribution in [0.15, 0.2) is 36.5 Å². The Hall–Kier alpha value is -3.39. The number of benzene rings is 2. The van der Waals surface area contributed by atoms with Gasteiger partial charge in [-0.25, -0.2) is 9.18 Å². The first kappa shape index (κ1) is 22.4. The Balaban J connectivity index is 1.77. The number of hydrogen-bond donors (Lipinski definition) is 2. The van der Waals surface area contributed by atoms with Crippen LogP contribution in [0.25, 0.3) is 27.5 Å². The van der Waals surface area contributed by atoms with E-state index in [1.54, 1.807) is 25.3 Å². The fraction of sp³-hybridized carbons (Fsp3) is 0.385. The molecule has 0 bridgehead atoms. The van der Waals surface area contributed by atoms with Crippen molar-refractivity contribution in [2.45, 2.75) is 51.0 Å². The molecule has 5 rings (SSSR count). The van der Waals surface area contributed by atoms with Crippen molar-refractivity contribution in [3.8, 4) is 11.4 Å². The van der Waals surface area contributed by atoms with E-state index in [4.69, 9.17) is 9.47 Å². The van der Waals surface area contributed by atoms with Crippen LogP contribution in [0, 0.1) is 5.82 Å². The molecule has 2 N–H and O–H groups in total. The highest BCUT2D eigenvalue weighted by molar-refractivity contribution is 5.99. The van der Waals surface area contributed by atoms with Gasteiger partial charge in [-0.15, -0.1) is 0 Å². The molecule has 0 saturated carbocycles. The summed E-state index contributed by atoms with van der Waals surface area (Å²) in [5.41, 5.74) is 3.76. The standard InChI is InChI=1S/C26H28FN3O4/c1-14(2)24-23(15-7-8-26(3,25(31)32)34-13-15)18-11-20-16(12-28-29-20)9-21(18)30(24)17-5-6-19(27)22(10-17)33-4/h5-6,9-12,14-15H,7-8,13H2,1-4H3,(H,28,29)(H,31,32)/t15-,26+/m1/s1. The van der Waals surface area contributed by atoms with Crippen LogP contribution in [0.4, 0.5) is 4.39 Å². The van der Waals surface area contributed by atoms with Crippen molar-refractivity contribution in [2.75, 3.05) is 13.7 Å². The number of aromatic nitrogens is 3. The second kappa shape index (κ2) is 8.13. The number of hydrogen-bond acceptors (Lipinski definition) is 4. The number of nitrogens with one attached hydrogen (secondary N) is 1. The SMILES string of the molecule is COc1cc(-n2c(C(C)C)c([C@@H]3CC[C@@](C)(C(=O)O)OC3)c3cc4[nH]ncc4cc32)ccc1F. The molecule has 1 fully saturated rings. The summed E-state index contributed by atoms with van der Waals surface area (Å²) in [6, 6.07) is 9.07. The quantitative estimate of drug-likeness (QED) is 0.405. The van der Waals surface area contributed by atoms with E-state index in [1.807, 2.05) is 0 Å². The molecule has 1 aliphatic heterocycles. The average Bonchev–Trinajstić information content (AvgIpc) is 3.40. The maximum Gasteiger partial charge on any atom is 0.335 e. The van der Waals surface area contributed by atoms with Gasteiger partial charge in [-0.3, -0.25) is 5.10 Å². The van der Waals surface area contributed by atoms with Gasteiger partial charge >= 0.3 is 5.97 Å². The largest absolute Gasteiger partial charge is 0.494 e. The molecule has 3 heterocycles. The van der Waals surface area contributed by atoms with Gasteiger partial charge in [0.05, 0.1) is 30.9 Å². The van der Waals surface area contributed by atoms with E-state index in [0.29, 0.717) is 19.4 Å². The fourth-order valence-electron chi connectivity index (χ4n) is 5.12. The van der Waals surface area contributed by atoms with Gasteiger partial charge in [-0.05, 0) is 55.5 Å². The van der Waals surface area contributed by atoms with Crippen LogP contribution in [0.1, 0.15) is 56.7 Å². The van der Waals surface area contributed by atoms with Gasteiger partial charge in [0.25, 0.3) is 0 Å². The Bertz CT molecular complexity index is 1400. The third-order valence-corrected chi connectivity index (χ3v) is 6.98. The van der Waals surface area contributed by atoms with E-state index in [9.17, 15) is 14.3 Å². The summed E-state index contributed by atoms with van der Waals surface area (Å²) in [5.74, 6) is -1.01. The van der Waals surface area contributed by atoms with Crippen molar-refractivity contribution in [1.82, 2.24) is 14.8 Å². The monoisotopic (exact) mass is 465 g/mol. The summed E-state index contributed by atoms with van der Waals surface area (Å²) >= 11 is 0. The van der Waals surface area contributed by atoms with Crippen molar-refractivity contribution in [2.24, 2.45) is 0 Å². The molecule has 2 atom stereocenters. The zero-order chi connectivity index (χ0) is 24.2. The lowest BCUT2D eigenvalue weighted by atomic mass is 9.83. The second-order valence-electron chi connectivity index (χ2n) is 9.52. The number of carbonyl (C=O) groups is 1. The molecular weight excluding hydrogens is 437 g/mol. The third kappa shape index (κ3) is 3.44. The molecule has 0 radical (unpaired) electrons. The lowest BCUT2D eigenvalue weighted by molar-refractivity contribution is -0.170. The number of aromatic amines is 1. The first-order chi connectivity index (χ1) is 16.2. The number of aliphatic carboxylic acids is 1. The molecule has 8 heteroatoms. The van der Waals surface area contributed by atoms with Crippen LogP contribution in [-0.4, -0.2) is 45.2 Å². The highest BCUT2D eigenvalue weighted by Crippen LogP contribution is 2.44. The van der Waals surface area contributed by atoms with Gasteiger partial charge in [0.15, 0.2) is 17.2 Å². The Morgan fingerprint density at radius 3 is 2.79 bits per heavy atom. The average molecular weight is 466 g/mol.